The number of carboxylic acid groups (broad SMARTS) is 1. The van der Waals surface area contributed by atoms with Crippen LogP contribution in [0.2, 0.25) is 0 Å². The summed E-state index contributed by atoms with van der Waals surface area (Å²) in [6, 6.07) is -0.763. The maximum atomic E-state index is 11.3. The first-order valence-electron chi connectivity index (χ1n) is 4.79. The largest absolute Gasteiger partial charge is 0.480 e. The van der Waals surface area contributed by atoms with Gasteiger partial charge < -0.3 is 10.4 Å². The number of aliphatic carboxylic acids is 1. The summed E-state index contributed by atoms with van der Waals surface area (Å²) in [6.45, 7) is 3.51. The first kappa shape index (κ1) is 10.8. The lowest BCUT2D eigenvalue weighted by Crippen LogP contribution is -2.41. The van der Waals surface area contributed by atoms with E-state index < -0.39 is 12.0 Å². The third-order valence-electron chi connectivity index (χ3n) is 2.22. The highest BCUT2D eigenvalue weighted by Gasteiger charge is 2.32. The molecule has 0 aromatic heterocycles. The van der Waals surface area contributed by atoms with Crippen LogP contribution < -0.4 is 5.32 Å². The minimum atomic E-state index is -0.971. The number of hydrogen-bond donors (Lipinski definition) is 2. The van der Waals surface area contributed by atoms with Crippen LogP contribution in [-0.4, -0.2) is 23.0 Å². The summed E-state index contributed by atoms with van der Waals surface area (Å²) in [6.07, 6.45) is 4.44. The van der Waals surface area contributed by atoms with E-state index in [0.29, 0.717) is 12.8 Å². The number of allylic oxidation sites excluding steroid dienone is 1. The Labute approximate surface area is 83.0 Å². The van der Waals surface area contributed by atoms with Gasteiger partial charge in [0.25, 0.3) is 0 Å². The summed E-state index contributed by atoms with van der Waals surface area (Å²) in [5.74, 6) is -1.04. The van der Waals surface area contributed by atoms with Crippen LogP contribution in [0.1, 0.15) is 25.7 Å². The van der Waals surface area contributed by atoms with E-state index in [4.69, 9.17) is 5.11 Å². The second-order valence-corrected chi connectivity index (χ2v) is 3.54. The van der Waals surface area contributed by atoms with E-state index in [0.717, 1.165) is 12.8 Å². The number of amides is 1. The third kappa shape index (κ3) is 3.20. The number of carbonyl (C=O) groups excluding carboxylic acids is 1. The highest BCUT2D eigenvalue weighted by atomic mass is 16.4. The van der Waals surface area contributed by atoms with Gasteiger partial charge in [0.1, 0.15) is 6.04 Å². The number of carbonyl (C=O) groups is 2. The molecule has 1 aliphatic carbocycles. The van der Waals surface area contributed by atoms with Gasteiger partial charge in [-0.15, -0.1) is 6.58 Å². The fourth-order valence-corrected chi connectivity index (χ4v) is 1.18. The van der Waals surface area contributed by atoms with Crippen molar-refractivity contribution in [1.29, 1.82) is 0 Å². The molecular weight excluding hydrogens is 182 g/mol. The van der Waals surface area contributed by atoms with Crippen molar-refractivity contribution in [3.63, 3.8) is 0 Å². The molecule has 14 heavy (non-hydrogen) atoms. The highest BCUT2D eigenvalue weighted by molar-refractivity contribution is 5.86. The molecule has 4 nitrogen and oxygen atoms in total. The summed E-state index contributed by atoms with van der Waals surface area (Å²) in [5, 5.41) is 11.3. The van der Waals surface area contributed by atoms with Gasteiger partial charge in [-0.25, -0.2) is 4.79 Å². The molecular formula is C10H15NO3. The Kier molecular flexibility index (Phi) is 3.68. The molecule has 2 N–H and O–H groups in total. The normalized spacial score (nSPS) is 17.1. The van der Waals surface area contributed by atoms with Crippen molar-refractivity contribution >= 4 is 11.9 Å². The van der Waals surface area contributed by atoms with E-state index in [2.05, 4.69) is 11.9 Å². The average Bonchev–Trinajstić information content (AvgIpc) is 2.94. The molecule has 0 aliphatic heterocycles. The fourth-order valence-electron chi connectivity index (χ4n) is 1.18. The Balaban J connectivity index is 2.36. The predicted octanol–water partition coefficient (Wildman–Crippen LogP) is 0.932. The maximum absolute atomic E-state index is 11.3. The average molecular weight is 197 g/mol. The molecule has 0 saturated heterocycles. The third-order valence-corrected chi connectivity index (χ3v) is 2.22. The first-order chi connectivity index (χ1) is 6.65. The zero-order valence-electron chi connectivity index (χ0n) is 8.03. The van der Waals surface area contributed by atoms with Gasteiger partial charge in [-0.1, -0.05) is 6.08 Å². The van der Waals surface area contributed by atoms with Crippen molar-refractivity contribution < 1.29 is 14.7 Å². The van der Waals surface area contributed by atoms with Gasteiger partial charge in [0.15, 0.2) is 0 Å². The van der Waals surface area contributed by atoms with E-state index in [1.165, 1.54) is 0 Å². The lowest BCUT2D eigenvalue weighted by atomic mass is 10.1. The Morgan fingerprint density at radius 3 is 2.64 bits per heavy atom. The number of nitrogens with one attached hydrogen (secondary N) is 1. The molecule has 1 saturated carbocycles. The van der Waals surface area contributed by atoms with E-state index in [1.54, 1.807) is 6.08 Å². The van der Waals surface area contributed by atoms with E-state index in [-0.39, 0.29) is 11.8 Å². The Morgan fingerprint density at radius 2 is 2.21 bits per heavy atom. The quantitative estimate of drug-likeness (QED) is 0.622. The number of rotatable bonds is 6. The fraction of sp³-hybridized carbons (Fsp3) is 0.600. The highest BCUT2D eigenvalue weighted by Crippen LogP contribution is 2.28. The molecule has 1 aliphatic rings. The minimum absolute atomic E-state index is 0.0561. The van der Waals surface area contributed by atoms with Crippen LogP contribution in [0.4, 0.5) is 0 Å². The van der Waals surface area contributed by atoms with Crippen LogP contribution in [0, 0.1) is 5.92 Å². The van der Waals surface area contributed by atoms with Crippen LogP contribution in [0.3, 0.4) is 0 Å². The van der Waals surface area contributed by atoms with Crippen LogP contribution in [-0.2, 0) is 9.59 Å². The number of hydrogen-bond acceptors (Lipinski definition) is 2. The second kappa shape index (κ2) is 4.79. The van der Waals surface area contributed by atoms with Crippen molar-refractivity contribution in [2.75, 3.05) is 0 Å². The Morgan fingerprint density at radius 1 is 1.57 bits per heavy atom. The molecule has 0 heterocycles. The molecule has 0 radical (unpaired) electrons. The van der Waals surface area contributed by atoms with Crippen molar-refractivity contribution in [3.8, 4) is 0 Å². The molecule has 0 aromatic carbocycles. The van der Waals surface area contributed by atoms with Gasteiger partial charge in [0, 0.05) is 5.92 Å². The van der Waals surface area contributed by atoms with Gasteiger partial charge in [-0.3, -0.25) is 4.79 Å². The van der Waals surface area contributed by atoms with Crippen molar-refractivity contribution in [1.82, 2.24) is 5.32 Å². The molecule has 4 heteroatoms. The van der Waals surface area contributed by atoms with Gasteiger partial charge in [0.2, 0.25) is 5.91 Å². The number of carboxylic acids is 1. The second-order valence-electron chi connectivity index (χ2n) is 3.54. The van der Waals surface area contributed by atoms with Crippen molar-refractivity contribution in [3.05, 3.63) is 12.7 Å². The van der Waals surface area contributed by atoms with Gasteiger partial charge >= 0.3 is 5.97 Å². The molecule has 1 fully saturated rings. The Hall–Kier alpha value is -1.32. The minimum Gasteiger partial charge on any atom is -0.480 e. The maximum Gasteiger partial charge on any atom is 0.326 e. The van der Waals surface area contributed by atoms with Crippen molar-refractivity contribution in [2.45, 2.75) is 31.7 Å². The van der Waals surface area contributed by atoms with Crippen LogP contribution in [0.25, 0.3) is 0 Å². The lowest BCUT2D eigenvalue weighted by Gasteiger charge is -2.12. The van der Waals surface area contributed by atoms with E-state index in [1.807, 2.05) is 0 Å². The standard InChI is InChI=1S/C10H15NO3/c1-2-3-4-8(10(13)14)11-9(12)7-5-6-7/h2,7-8H,1,3-6H2,(H,11,12)(H,13,14)/t8-/m1/s1. The summed E-state index contributed by atoms with van der Waals surface area (Å²) < 4.78 is 0. The molecule has 78 valence electrons. The zero-order valence-corrected chi connectivity index (χ0v) is 8.03. The van der Waals surface area contributed by atoms with Gasteiger partial charge in [-0.05, 0) is 25.7 Å². The first-order valence-corrected chi connectivity index (χ1v) is 4.79. The van der Waals surface area contributed by atoms with E-state index in [9.17, 15) is 9.59 Å². The molecule has 0 unspecified atom stereocenters. The lowest BCUT2D eigenvalue weighted by molar-refractivity contribution is -0.142. The summed E-state index contributed by atoms with van der Waals surface area (Å²) >= 11 is 0. The topological polar surface area (TPSA) is 66.4 Å². The van der Waals surface area contributed by atoms with E-state index >= 15 is 0 Å². The molecule has 0 bridgehead atoms. The molecule has 1 atom stereocenters. The molecule has 0 aromatic rings. The zero-order chi connectivity index (χ0) is 10.6. The van der Waals surface area contributed by atoms with Crippen LogP contribution >= 0.6 is 0 Å². The molecule has 0 spiro atoms. The summed E-state index contributed by atoms with van der Waals surface area (Å²) in [7, 11) is 0. The summed E-state index contributed by atoms with van der Waals surface area (Å²) in [4.78, 5) is 22.0. The predicted molar refractivity (Wildman–Crippen MR) is 51.7 cm³/mol. The Bertz CT molecular complexity index is 246. The smallest absolute Gasteiger partial charge is 0.326 e. The molecule has 1 amide bonds. The van der Waals surface area contributed by atoms with Crippen LogP contribution in [0.15, 0.2) is 12.7 Å². The van der Waals surface area contributed by atoms with Crippen LogP contribution in [0.5, 0.6) is 0 Å². The molecule has 1 rings (SSSR count). The monoisotopic (exact) mass is 197 g/mol. The van der Waals surface area contributed by atoms with Crippen molar-refractivity contribution in [2.24, 2.45) is 5.92 Å². The SMILES string of the molecule is C=CCC[C@@H](NC(=O)C1CC1)C(=O)O. The van der Waals surface area contributed by atoms with Gasteiger partial charge in [-0.2, -0.15) is 0 Å². The van der Waals surface area contributed by atoms with Gasteiger partial charge in [0.05, 0.1) is 0 Å². The summed E-state index contributed by atoms with van der Waals surface area (Å²) in [5.41, 5.74) is 0.